The van der Waals surface area contributed by atoms with Crippen molar-refractivity contribution >= 4 is 46.3 Å². The van der Waals surface area contributed by atoms with Crippen LogP contribution in [0.4, 0.5) is 5.69 Å². The molecule has 2 rings (SSSR count). The first-order chi connectivity index (χ1) is 10.6. The summed E-state index contributed by atoms with van der Waals surface area (Å²) in [7, 11) is 0. The predicted molar refractivity (Wildman–Crippen MR) is 90.9 cm³/mol. The normalized spacial score (nSPS) is 10.4. The topological polar surface area (TPSA) is 72.2 Å². The van der Waals surface area contributed by atoms with Gasteiger partial charge < -0.3 is 5.32 Å². The molecule has 22 heavy (non-hydrogen) atoms. The highest BCUT2D eigenvalue weighted by Crippen LogP contribution is 2.22. The fraction of sp³-hybridized carbons (Fsp3) is 0.214. The number of rotatable bonds is 7. The Morgan fingerprint density at radius 1 is 1.41 bits per heavy atom. The molecule has 1 N–H and O–H groups in total. The summed E-state index contributed by atoms with van der Waals surface area (Å²) in [5, 5.41) is 15.9. The highest BCUT2D eigenvalue weighted by Gasteiger charge is 2.19. The van der Waals surface area contributed by atoms with Crippen molar-refractivity contribution in [2.24, 2.45) is 0 Å². The molecule has 0 spiro atoms. The summed E-state index contributed by atoms with van der Waals surface area (Å²) in [6.45, 7) is 0.443. The van der Waals surface area contributed by atoms with Crippen LogP contribution in [0.2, 0.25) is 5.02 Å². The number of hydrogen-bond donors (Lipinski definition) is 1. The number of thioether (sulfide) groups is 1. The second-order valence-corrected chi connectivity index (χ2v) is 6.88. The van der Waals surface area contributed by atoms with Gasteiger partial charge in [0.2, 0.25) is 0 Å². The molecule has 0 atom stereocenters. The lowest BCUT2D eigenvalue weighted by Gasteiger charge is -2.06. The maximum absolute atomic E-state index is 12.0. The minimum Gasteiger partial charge on any atom is -0.351 e. The van der Waals surface area contributed by atoms with Crippen LogP contribution < -0.4 is 5.32 Å². The van der Waals surface area contributed by atoms with Gasteiger partial charge in [0.05, 0.1) is 4.92 Å². The number of thiophene rings is 1. The van der Waals surface area contributed by atoms with Gasteiger partial charge in [0.15, 0.2) is 0 Å². The lowest BCUT2D eigenvalue weighted by molar-refractivity contribution is -0.385. The minimum atomic E-state index is -0.587. The zero-order valence-electron chi connectivity index (χ0n) is 11.5. The van der Waals surface area contributed by atoms with Crippen LogP contribution in [-0.4, -0.2) is 23.1 Å². The van der Waals surface area contributed by atoms with E-state index in [1.807, 2.05) is 11.4 Å². The Kier molecular flexibility index (Phi) is 6.23. The van der Waals surface area contributed by atoms with Crippen LogP contribution in [0, 0.1) is 10.1 Å². The summed E-state index contributed by atoms with van der Waals surface area (Å²) in [5.41, 5.74) is -0.256. The van der Waals surface area contributed by atoms with Gasteiger partial charge in [-0.2, -0.15) is 11.8 Å². The molecule has 0 aliphatic rings. The number of nitro benzene ring substituents is 1. The van der Waals surface area contributed by atoms with E-state index in [0.717, 1.165) is 11.5 Å². The highest BCUT2D eigenvalue weighted by molar-refractivity contribution is 7.98. The molecule has 1 aromatic carbocycles. The molecular formula is C14H13ClN2O3S2. The summed E-state index contributed by atoms with van der Waals surface area (Å²) in [4.78, 5) is 23.7. The maximum atomic E-state index is 12.0. The Hall–Kier alpha value is -1.57. The van der Waals surface area contributed by atoms with Crippen LogP contribution in [0.1, 0.15) is 15.2 Å². The summed E-state index contributed by atoms with van der Waals surface area (Å²) >= 11 is 9.19. The lowest BCUT2D eigenvalue weighted by Crippen LogP contribution is -2.26. The van der Waals surface area contributed by atoms with Gasteiger partial charge in [0.25, 0.3) is 11.6 Å². The average Bonchev–Trinajstić information content (AvgIpc) is 2.99. The molecule has 116 valence electrons. The summed E-state index contributed by atoms with van der Waals surface area (Å²) < 4.78 is 0. The first kappa shape index (κ1) is 16.8. The van der Waals surface area contributed by atoms with E-state index in [-0.39, 0.29) is 11.3 Å². The van der Waals surface area contributed by atoms with Gasteiger partial charge in [-0.05, 0) is 23.6 Å². The lowest BCUT2D eigenvalue weighted by atomic mass is 10.1. The number of nitrogens with one attached hydrogen (secondary N) is 1. The SMILES string of the molecule is O=C(NCCSCc1cccs1)c1cc(Cl)ccc1[N+](=O)[O-]. The van der Waals surface area contributed by atoms with Crippen molar-refractivity contribution in [1.82, 2.24) is 5.32 Å². The Bertz CT molecular complexity index is 662. The summed E-state index contributed by atoms with van der Waals surface area (Å²) in [5.74, 6) is 1.15. The summed E-state index contributed by atoms with van der Waals surface area (Å²) in [6, 6.07) is 8.01. The molecular weight excluding hydrogens is 344 g/mol. The number of benzene rings is 1. The fourth-order valence-corrected chi connectivity index (χ4v) is 3.62. The number of nitro groups is 1. The number of carbonyl (C=O) groups excluding carboxylic acids is 1. The van der Waals surface area contributed by atoms with Crippen LogP contribution in [0.15, 0.2) is 35.7 Å². The van der Waals surface area contributed by atoms with Crippen molar-refractivity contribution in [3.8, 4) is 0 Å². The van der Waals surface area contributed by atoms with E-state index >= 15 is 0 Å². The zero-order valence-corrected chi connectivity index (χ0v) is 13.8. The van der Waals surface area contributed by atoms with Crippen LogP contribution in [0.3, 0.4) is 0 Å². The van der Waals surface area contributed by atoms with E-state index in [1.165, 1.54) is 23.1 Å². The van der Waals surface area contributed by atoms with Crippen LogP contribution in [0.5, 0.6) is 0 Å². The highest BCUT2D eigenvalue weighted by atomic mass is 35.5. The number of nitrogens with zero attached hydrogens (tertiary/aromatic N) is 1. The molecule has 0 aliphatic heterocycles. The monoisotopic (exact) mass is 356 g/mol. The molecule has 5 nitrogen and oxygen atoms in total. The third-order valence-electron chi connectivity index (χ3n) is 2.76. The van der Waals surface area contributed by atoms with Gasteiger partial charge in [0.1, 0.15) is 5.56 Å². The van der Waals surface area contributed by atoms with Crippen molar-refractivity contribution in [1.29, 1.82) is 0 Å². The molecule has 1 heterocycles. The predicted octanol–water partition coefficient (Wildman–Crippen LogP) is 3.97. The Balaban J connectivity index is 1.84. The molecule has 8 heteroatoms. The molecule has 0 bridgehead atoms. The average molecular weight is 357 g/mol. The van der Waals surface area contributed by atoms with E-state index in [4.69, 9.17) is 11.6 Å². The van der Waals surface area contributed by atoms with E-state index in [1.54, 1.807) is 23.1 Å². The molecule has 2 aromatic rings. The van der Waals surface area contributed by atoms with Crippen molar-refractivity contribution in [3.63, 3.8) is 0 Å². The third-order valence-corrected chi connectivity index (χ3v) is 5.06. The second-order valence-electron chi connectivity index (χ2n) is 4.31. The van der Waals surface area contributed by atoms with E-state index in [9.17, 15) is 14.9 Å². The van der Waals surface area contributed by atoms with E-state index in [2.05, 4.69) is 11.4 Å². The fourth-order valence-electron chi connectivity index (χ4n) is 1.75. The first-order valence-electron chi connectivity index (χ1n) is 6.40. The number of hydrogen-bond acceptors (Lipinski definition) is 5. The Labute approximate surface area is 140 Å². The smallest absolute Gasteiger partial charge is 0.282 e. The minimum absolute atomic E-state index is 0.0132. The van der Waals surface area contributed by atoms with Gasteiger partial charge in [-0.1, -0.05) is 17.7 Å². The molecule has 0 saturated carbocycles. The number of halogens is 1. The van der Waals surface area contributed by atoms with Gasteiger partial charge in [-0.25, -0.2) is 0 Å². The maximum Gasteiger partial charge on any atom is 0.282 e. The quantitative estimate of drug-likeness (QED) is 0.463. The van der Waals surface area contributed by atoms with Crippen molar-refractivity contribution in [2.75, 3.05) is 12.3 Å². The van der Waals surface area contributed by atoms with Crippen LogP contribution >= 0.6 is 34.7 Å². The van der Waals surface area contributed by atoms with Gasteiger partial charge in [-0.3, -0.25) is 14.9 Å². The van der Waals surface area contributed by atoms with Crippen LogP contribution in [-0.2, 0) is 5.75 Å². The van der Waals surface area contributed by atoms with Crippen molar-refractivity contribution in [3.05, 3.63) is 61.3 Å². The molecule has 1 aromatic heterocycles. The number of carbonyl (C=O) groups is 1. The van der Waals surface area contributed by atoms with Gasteiger partial charge in [0, 0.05) is 34.0 Å². The molecule has 0 saturated heterocycles. The second kappa shape index (κ2) is 8.17. The van der Waals surface area contributed by atoms with Crippen molar-refractivity contribution in [2.45, 2.75) is 5.75 Å². The Morgan fingerprint density at radius 3 is 2.91 bits per heavy atom. The van der Waals surface area contributed by atoms with E-state index in [0.29, 0.717) is 11.6 Å². The largest absolute Gasteiger partial charge is 0.351 e. The Morgan fingerprint density at radius 2 is 2.23 bits per heavy atom. The zero-order chi connectivity index (χ0) is 15.9. The molecule has 1 amide bonds. The number of amides is 1. The molecule has 0 aliphatic carbocycles. The van der Waals surface area contributed by atoms with Crippen molar-refractivity contribution < 1.29 is 9.72 Å². The first-order valence-corrected chi connectivity index (χ1v) is 8.81. The third kappa shape index (κ3) is 4.72. The van der Waals surface area contributed by atoms with Gasteiger partial charge >= 0.3 is 0 Å². The van der Waals surface area contributed by atoms with Gasteiger partial charge in [-0.15, -0.1) is 11.3 Å². The summed E-state index contributed by atoms with van der Waals surface area (Å²) in [6.07, 6.45) is 0. The van der Waals surface area contributed by atoms with E-state index < -0.39 is 10.8 Å². The standard InChI is InChI=1S/C14H13ClN2O3S2/c15-10-3-4-13(17(19)20)12(8-10)14(18)16-5-7-21-9-11-2-1-6-22-11/h1-4,6,8H,5,7,9H2,(H,16,18). The molecule has 0 radical (unpaired) electrons. The molecule has 0 unspecified atom stereocenters. The molecule has 0 fully saturated rings. The van der Waals surface area contributed by atoms with Crippen LogP contribution in [0.25, 0.3) is 0 Å².